The van der Waals surface area contributed by atoms with Crippen molar-refractivity contribution < 1.29 is 9.50 Å². The first-order valence-corrected chi connectivity index (χ1v) is 2.23. The average Bonchev–Trinajstić information content (AvgIpc) is 1.77. The van der Waals surface area contributed by atoms with Gasteiger partial charge in [-0.05, 0) is 24.3 Å². The molecule has 1 aromatic carbocycles. The Hall–Kier alpha value is -0.470. The smallest absolute Gasteiger partial charge is 0.123 e. The Morgan fingerprint density at radius 2 is 1.40 bits per heavy atom. The van der Waals surface area contributed by atoms with Crippen LogP contribution in [0.3, 0.4) is 0 Å². The summed E-state index contributed by atoms with van der Waals surface area (Å²) in [6.45, 7) is 0. The maximum atomic E-state index is 12.0. The van der Waals surface area contributed by atoms with Crippen LogP contribution in [-0.2, 0) is 0 Å². The van der Waals surface area contributed by atoms with Crippen LogP contribution in [0.5, 0.6) is 5.75 Å². The molecular weight excluding hydrogens is 178 g/mol. The van der Waals surface area contributed by atoms with E-state index in [9.17, 15) is 4.39 Å². The van der Waals surface area contributed by atoms with Crippen molar-refractivity contribution in [2.24, 2.45) is 0 Å². The van der Waals surface area contributed by atoms with Crippen molar-refractivity contribution >= 4 is 24.8 Å². The molecule has 10 heavy (non-hydrogen) atoms. The van der Waals surface area contributed by atoms with E-state index < -0.39 is 0 Å². The molecule has 1 nitrogen and oxygen atoms in total. The summed E-state index contributed by atoms with van der Waals surface area (Å²) in [6, 6.07) is 5.01. The third-order valence-electron chi connectivity index (χ3n) is 0.827. The van der Waals surface area contributed by atoms with Gasteiger partial charge in [0.1, 0.15) is 11.6 Å². The van der Waals surface area contributed by atoms with Crippen LogP contribution >= 0.6 is 24.8 Å². The summed E-state index contributed by atoms with van der Waals surface area (Å²) in [5.74, 6) is -0.241. The normalized spacial score (nSPS) is 7.30. The van der Waals surface area contributed by atoms with E-state index in [4.69, 9.17) is 5.11 Å². The zero-order valence-electron chi connectivity index (χ0n) is 4.95. The second-order valence-electron chi connectivity index (χ2n) is 1.48. The van der Waals surface area contributed by atoms with Crippen molar-refractivity contribution in [3.63, 3.8) is 0 Å². The number of phenolic OH excluding ortho intramolecular Hbond substituents is 1. The van der Waals surface area contributed by atoms with E-state index in [-0.39, 0.29) is 36.4 Å². The van der Waals surface area contributed by atoms with E-state index in [1.54, 1.807) is 0 Å². The first kappa shape index (κ1) is 12.2. The predicted molar refractivity (Wildman–Crippen MR) is 42.6 cm³/mol. The molecule has 0 spiro atoms. The van der Waals surface area contributed by atoms with Crippen molar-refractivity contribution in [1.82, 2.24) is 0 Å². The van der Waals surface area contributed by atoms with Gasteiger partial charge in [-0.15, -0.1) is 24.8 Å². The minimum absolute atomic E-state index is 0. The predicted octanol–water partition coefficient (Wildman–Crippen LogP) is 2.37. The summed E-state index contributed by atoms with van der Waals surface area (Å²) < 4.78 is 12.0. The molecule has 0 fully saturated rings. The second kappa shape index (κ2) is 5.33. The van der Waals surface area contributed by atoms with Crippen molar-refractivity contribution in [2.75, 3.05) is 0 Å². The van der Waals surface area contributed by atoms with E-state index in [0.29, 0.717) is 0 Å². The molecule has 1 N–H and O–H groups in total. The van der Waals surface area contributed by atoms with Crippen LogP contribution in [0.2, 0.25) is 0 Å². The summed E-state index contributed by atoms with van der Waals surface area (Å²) in [5, 5.41) is 8.59. The van der Waals surface area contributed by atoms with Gasteiger partial charge in [0, 0.05) is 0 Å². The standard InChI is InChI=1S/C6H5FO.2ClH/c7-5-1-3-6(8)4-2-5;;/h1-4,8H;2*1H. The average molecular weight is 185 g/mol. The van der Waals surface area contributed by atoms with Crippen molar-refractivity contribution in [1.29, 1.82) is 0 Å². The minimum atomic E-state index is -0.331. The molecule has 0 aliphatic carbocycles. The molecule has 0 aliphatic heterocycles. The highest BCUT2D eigenvalue weighted by Gasteiger charge is 1.85. The van der Waals surface area contributed by atoms with E-state index >= 15 is 0 Å². The van der Waals surface area contributed by atoms with E-state index in [1.807, 2.05) is 0 Å². The molecule has 0 amide bonds. The Morgan fingerprint density at radius 1 is 1.00 bits per heavy atom. The van der Waals surface area contributed by atoms with Gasteiger partial charge in [-0.2, -0.15) is 0 Å². The Labute approximate surface area is 70.7 Å². The fourth-order valence-electron chi connectivity index (χ4n) is 0.441. The highest BCUT2D eigenvalue weighted by Crippen LogP contribution is 2.06. The lowest BCUT2D eigenvalue weighted by Gasteiger charge is -1.86. The van der Waals surface area contributed by atoms with Gasteiger partial charge in [0.15, 0.2) is 0 Å². The zero-order valence-corrected chi connectivity index (χ0v) is 6.58. The van der Waals surface area contributed by atoms with Gasteiger partial charge in [-0.3, -0.25) is 0 Å². The van der Waals surface area contributed by atoms with Crippen LogP contribution in [0.1, 0.15) is 0 Å². The highest BCUT2D eigenvalue weighted by atomic mass is 35.5. The van der Waals surface area contributed by atoms with Crippen molar-refractivity contribution in [2.45, 2.75) is 0 Å². The number of halogens is 3. The van der Waals surface area contributed by atoms with Crippen LogP contribution < -0.4 is 0 Å². The molecule has 0 aliphatic rings. The number of hydrogen-bond acceptors (Lipinski definition) is 1. The van der Waals surface area contributed by atoms with Crippen LogP contribution in [-0.4, -0.2) is 5.11 Å². The molecule has 1 rings (SSSR count). The maximum absolute atomic E-state index is 12.0. The topological polar surface area (TPSA) is 20.2 Å². The first-order valence-electron chi connectivity index (χ1n) is 2.23. The number of rotatable bonds is 0. The number of aromatic hydroxyl groups is 1. The molecule has 0 radical (unpaired) electrons. The van der Waals surface area contributed by atoms with Gasteiger partial charge in [0.25, 0.3) is 0 Å². The Morgan fingerprint density at radius 3 is 1.70 bits per heavy atom. The van der Waals surface area contributed by atoms with E-state index in [2.05, 4.69) is 0 Å². The second-order valence-corrected chi connectivity index (χ2v) is 1.48. The lowest BCUT2D eigenvalue weighted by atomic mass is 10.3. The number of benzene rings is 1. The van der Waals surface area contributed by atoms with Gasteiger partial charge in [-0.25, -0.2) is 4.39 Å². The molecular formula is C6H7Cl2FO. The van der Waals surface area contributed by atoms with Crippen LogP contribution in [0, 0.1) is 5.82 Å². The van der Waals surface area contributed by atoms with Crippen LogP contribution in [0.4, 0.5) is 4.39 Å². The molecule has 4 heteroatoms. The number of phenols is 1. The lowest BCUT2D eigenvalue weighted by molar-refractivity contribution is 0.473. The van der Waals surface area contributed by atoms with Crippen molar-refractivity contribution in [3.05, 3.63) is 30.1 Å². The molecule has 1 aromatic rings. The molecule has 58 valence electrons. The molecule has 0 atom stereocenters. The Bertz CT molecular complexity index is 155. The fourth-order valence-corrected chi connectivity index (χ4v) is 0.441. The summed E-state index contributed by atoms with van der Waals surface area (Å²) in [4.78, 5) is 0. The SMILES string of the molecule is Cl.Cl.Oc1ccc(F)cc1. The number of hydrogen-bond donors (Lipinski definition) is 1. The van der Waals surface area contributed by atoms with Crippen LogP contribution in [0.25, 0.3) is 0 Å². The van der Waals surface area contributed by atoms with Gasteiger partial charge >= 0.3 is 0 Å². The van der Waals surface area contributed by atoms with Crippen LogP contribution in [0.15, 0.2) is 24.3 Å². The fraction of sp³-hybridized carbons (Fsp3) is 0. The van der Waals surface area contributed by atoms with E-state index in [1.165, 1.54) is 24.3 Å². The van der Waals surface area contributed by atoms with Gasteiger partial charge < -0.3 is 5.11 Å². The summed E-state index contributed by atoms with van der Waals surface area (Å²) in [6.07, 6.45) is 0. The highest BCUT2D eigenvalue weighted by molar-refractivity contribution is 5.85. The maximum Gasteiger partial charge on any atom is 0.123 e. The van der Waals surface area contributed by atoms with Gasteiger partial charge in [-0.1, -0.05) is 0 Å². The lowest BCUT2D eigenvalue weighted by Crippen LogP contribution is -1.67. The van der Waals surface area contributed by atoms with E-state index in [0.717, 1.165) is 0 Å². The monoisotopic (exact) mass is 184 g/mol. The third-order valence-corrected chi connectivity index (χ3v) is 0.827. The summed E-state index contributed by atoms with van der Waals surface area (Å²) in [7, 11) is 0. The Kier molecular flexibility index (Phi) is 6.51. The third kappa shape index (κ3) is 3.54. The largest absolute Gasteiger partial charge is 0.508 e. The first-order chi connectivity index (χ1) is 3.79. The quantitative estimate of drug-likeness (QED) is 0.657. The molecule has 0 heterocycles. The molecule has 0 aromatic heterocycles. The molecule has 0 saturated heterocycles. The molecule has 0 saturated carbocycles. The summed E-state index contributed by atoms with van der Waals surface area (Å²) in [5.41, 5.74) is 0. The van der Waals surface area contributed by atoms with Gasteiger partial charge in [0.2, 0.25) is 0 Å². The molecule has 0 bridgehead atoms. The van der Waals surface area contributed by atoms with Crippen molar-refractivity contribution in [3.8, 4) is 5.75 Å². The Balaban J connectivity index is 0. The summed E-state index contributed by atoms with van der Waals surface area (Å²) >= 11 is 0. The van der Waals surface area contributed by atoms with Gasteiger partial charge in [0.05, 0.1) is 0 Å². The zero-order chi connectivity index (χ0) is 5.98. The minimum Gasteiger partial charge on any atom is -0.508 e. The molecule has 0 unspecified atom stereocenters.